The summed E-state index contributed by atoms with van der Waals surface area (Å²) in [5.41, 5.74) is 3.24. The second-order valence-corrected chi connectivity index (χ2v) is 7.21. The molecule has 7 heteroatoms. The lowest BCUT2D eigenvalue weighted by Gasteiger charge is -2.22. The molecule has 2 aromatic rings. The summed E-state index contributed by atoms with van der Waals surface area (Å²) >= 11 is 0. The van der Waals surface area contributed by atoms with Crippen LogP contribution in [-0.2, 0) is 16.1 Å². The number of hydrogen-bond acceptors (Lipinski definition) is 5. The summed E-state index contributed by atoms with van der Waals surface area (Å²) in [6, 6.07) is 7.49. The fourth-order valence-electron chi connectivity index (χ4n) is 3.56. The van der Waals surface area contributed by atoms with E-state index in [1.54, 1.807) is 20.3 Å². The molecule has 0 atom stereocenters. The average molecular weight is 402 g/mol. The van der Waals surface area contributed by atoms with E-state index >= 15 is 0 Å². The van der Waals surface area contributed by atoms with Gasteiger partial charge in [-0.3, -0.25) is 9.59 Å². The van der Waals surface area contributed by atoms with Crippen molar-refractivity contribution in [3.05, 3.63) is 46.8 Å². The highest BCUT2D eigenvalue weighted by atomic mass is 16.5. The van der Waals surface area contributed by atoms with E-state index in [9.17, 15) is 9.59 Å². The number of benzene rings is 1. The molecule has 0 radical (unpaired) electrons. The van der Waals surface area contributed by atoms with Crippen molar-refractivity contribution in [1.82, 2.24) is 9.47 Å². The number of amides is 1. The van der Waals surface area contributed by atoms with Crippen molar-refractivity contribution in [3.63, 3.8) is 0 Å². The van der Waals surface area contributed by atoms with Crippen LogP contribution >= 0.6 is 0 Å². The van der Waals surface area contributed by atoms with Crippen LogP contribution in [-0.4, -0.2) is 49.2 Å². The van der Waals surface area contributed by atoms with Crippen LogP contribution in [0, 0.1) is 13.8 Å². The van der Waals surface area contributed by atoms with Gasteiger partial charge in [-0.15, -0.1) is 0 Å². The van der Waals surface area contributed by atoms with E-state index in [4.69, 9.17) is 14.2 Å². The summed E-state index contributed by atoms with van der Waals surface area (Å²) in [6.07, 6.45) is 0. The van der Waals surface area contributed by atoms with Gasteiger partial charge in [0.1, 0.15) is 18.0 Å². The van der Waals surface area contributed by atoms with Gasteiger partial charge in [0.25, 0.3) is 5.91 Å². The van der Waals surface area contributed by atoms with Gasteiger partial charge in [0.2, 0.25) is 0 Å². The van der Waals surface area contributed by atoms with Crippen molar-refractivity contribution >= 4 is 11.9 Å². The van der Waals surface area contributed by atoms with E-state index in [1.807, 2.05) is 32.0 Å². The smallest absolute Gasteiger partial charge is 0.325 e. The molecule has 2 rings (SSSR count). The van der Waals surface area contributed by atoms with Gasteiger partial charge in [0, 0.05) is 30.0 Å². The number of carbonyl (C=O) groups excluding carboxylic acids is 2. The van der Waals surface area contributed by atoms with Gasteiger partial charge >= 0.3 is 5.97 Å². The Hall–Kier alpha value is -2.96. The Morgan fingerprint density at radius 2 is 1.59 bits per heavy atom. The van der Waals surface area contributed by atoms with Crippen LogP contribution < -0.4 is 9.47 Å². The molecule has 0 bridgehead atoms. The molecule has 1 aromatic carbocycles. The van der Waals surface area contributed by atoms with Crippen molar-refractivity contribution in [2.75, 3.05) is 27.9 Å². The highest BCUT2D eigenvalue weighted by molar-refractivity contribution is 5.97. The first kappa shape index (κ1) is 22.3. The average Bonchev–Trinajstić information content (AvgIpc) is 3.00. The fourth-order valence-corrected chi connectivity index (χ4v) is 3.56. The highest BCUT2D eigenvalue weighted by Crippen LogP contribution is 2.25. The molecule has 0 aliphatic carbocycles. The Morgan fingerprint density at radius 3 is 2.03 bits per heavy atom. The second-order valence-electron chi connectivity index (χ2n) is 7.21. The SMILES string of the molecule is COC(=O)CN(Cc1cc(OC)cc(OC)c1)C(=O)c1cc(C)n(C(C)C)c1C. The van der Waals surface area contributed by atoms with Gasteiger partial charge in [0.05, 0.1) is 26.9 Å². The summed E-state index contributed by atoms with van der Waals surface area (Å²) in [4.78, 5) is 26.8. The van der Waals surface area contributed by atoms with E-state index in [0.29, 0.717) is 17.1 Å². The van der Waals surface area contributed by atoms with Gasteiger partial charge < -0.3 is 23.7 Å². The third-order valence-corrected chi connectivity index (χ3v) is 4.85. The molecule has 0 N–H and O–H groups in total. The first-order chi connectivity index (χ1) is 13.7. The third-order valence-electron chi connectivity index (χ3n) is 4.85. The van der Waals surface area contributed by atoms with Crippen molar-refractivity contribution in [3.8, 4) is 11.5 Å². The molecule has 158 valence electrons. The molecule has 0 saturated heterocycles. The maximum atomic E-state index is 13.4. The number of ether oxygens (including phenoxy) is 3. The molecule has 7 nitrogen and oxygen atoms in total. The topological polar surface area (TPSA) is 70.0 Å². The molecule has 1 aromatic heterocycles. The number of hydrogen-bond donors (Lipinski definition) is 0. The Balaban J connectivity index is 2.42. The third kappa shape index (κ3) is 5.10. The number of aryl methyl sites for hydroxylation is 1. The fraction of sp³-hybridized carbons (Fsp3) is 0.455. The quantitative estimate of drug-likeness (QED) is 0.632. The zero-order chi connectivity index (χ0) is 21.7. The van der Waals surface area contributed by atoms with Gasteiger partial charge in [-0.2, -0.15) is 0 Å². The first-order valence-electron chi connectivity index (χ1n) is 9.48. The minimum Gasteiger partial charge on any atom is -0.497 e. The molecular weight excluding hydrogens is 372 g/mol. The maximum absolute atomic E-state index is 13.4. The van der Waals surface area contributed by atoms with Crippen molar-refractivity contribution < 1.29 is 23.8 Å². The molecule has 0 fully saturated rings. The molecule has 0 unspecified atom stereocenters. The van der Waals surface area contributed by atoms with Crippen molar-refractivity contribution in [2.45, 2.75) is 40.3 Å². The normalized spacial score (nSPS) is 10.8. The minimum absolute atomic E-state index is 0.153. The van der Waals surface area contributed by atoms with Gasteiger partial charge in [-0.25, -0.2) is 0 Å². The van der Waals surface area contributed by atoms with Crippen LogP contribution in [0.4, 0.5) is 0 Å². The zero-order valence-corrected chi connectivity index (χ0v) is 18.2. The lowest BCUT2D eigenvalue weighted by Crippen LogP contribution is -2.36. The molecule has 0 aliphatic heterocycles. The van der Waals surface area contributed by atoms with Crippen molar-refractivity contribution in [2.24, 2.45) is 0 Å². The van der Waals surface area contributed by atoms with E-state index in [-0.39, 0.29) is 25.0 Å². The summed E-state index contributed by atoms with van der Waals surface area (Å²) in [5.74, 6) is 0.522. The summed E-state index contributed by atoms with van der Waals surface area (Å²) in [7, 11) is 4.44. The monoisotopic (exact) mass is 402 g/mol. The largest absolute Gasteiger partial charge is 0.497 e. The second kappa shape index (κ2) is 9.49. The Morgan fingerprint density at radius 1 is 1.00 bits per heavy atom. The molecule has 1 heterocycles. The van der Waals surface area contributed by atoms with E-state index < -0.39 is 5.97 Å². The van der Waals surface area contributed by atoms with Crippen molar-refractivity contribution in [1.29, 1.82) is 0 Å². The number of methoxy groups -OCH3 is 3. The van der Waals surface area contributed by atoms with Crippen LogP contribution in [0.1, 0.15) is 47.2 Å². The van der Waals surface area contributed by atoms with E-state index in [0.717, 1.165) is 17.0 Å². The Kier molecular flexibility index (Phi) is 7.31. The maximum Gasteiger partial charge on any atom is 0.325 e. The minimum atomic E-state index is -0.481. The summed E-state index contributed by atoms with van der Waals surface area (Å²) in [6.45, 7) is 8.10. The van der Waals surface area contributed by atoms with Crippen LogP contribution in [0.5, 0.6) is 11.5 Å². The number of carbonyl (C=O) groups is 2. The summed E-state index contributed by atoms with van der Waals surface area (Å²) in [5, 5.41) is 0. The predicted molar refractivity (Wildman–Crippen MR) is 111 cm³/mol. The molecule has 0 spiro atoms. The van der Waals surface area contributed by atoms with Crippen LogP contribution in [0.25, 0.3) is 0 Å². The predicted octanol–water partition coefficient (Wildman–Crippen LogP) is 3.52. The first-order valence-corrected chi connectivity index (χ1v) is 9.48. The number of esters is 1. The number of aromatic nitrogens is 1. The van der Waals surface area contributed by atoms with Crippen LogP contribution in [0.2, 0.25) is 0 Å². The lowest BCUT2D eigenvalue weighted by atomic mass is 10.1. The highest BCUT2D eigenvalue weighted by Gasteiger charge is 2.25. The standard InChI is InChI=1S/C22H30N2O5/c1-14(2)24-15(3)8-20(16(24)4)22(26)23(13-21(25)29-7)12-17-9-18(27-5)11-19(10-17)28-6/h8-11,14H,12-13H2,1-7H3. The summed E-state index contributed by atoms with van der Waals surface area (Å²) < 4.78 is 17.5. The molecular formula is C22H30N2O5. The van der Waals surface area contributed by atoms with Crippen LogP contribution in [0.3, 0.4) is 0 Å². The molecule has 0 aliphatic rings. The molecule has 0 saturated carbocycles. The van der Waals surface area contributed by atoms with Gasteiger partial charge in [-0.05, 0) is 51.5 Å². The number of nitrogens with zero attached hydrogens (tertiary/aromatic N) is 2. The molecule has 29 heavy (non-hydrogen) atoms. The van der Waals surface area contributed by atoms with Gasteiger partial charge in [0.15, 0.2) is 0 Å². The Bertz CT molecular complexity index is 863. The lowest BCUT2D eigenvalue weighted by molar-refractivity contribution is -0.141. The Labute approximate surface area is 172 Å². The van der Waals surface area contributed by atoms with E-state index in [1.165, 1.54) is 12.0 Å². The molecule has 1 amide bonds. The van der Waals surface area contributed by atoms with E-state index in [2.05, 4.69) is 18.4 Å². The van der Waals surface area contributed by atoms with Gasteiger partial charge in [-0.1, -0.05) is 0 Å². The zero-order valence-electron chi connectivity index (χ0n) is 18.2. The number of rotatable bonds is 8. The van der Waals surface area contributed by atoms with Crippen LogP contribution in [0.15, 0.2) is 24.3 Å².